The van der Waals surface area contributed by atoms with Crippen LogP contribution < -0.4 is 0 Å². The molecule has 2 heteroatoms. The highest BCUT2D eigenvalue weighted by Gasteiger charge is 1.52. The summed E-state index contributed by atoms with van der Waals surface area (Å²) in [7, 11) is 0.0556. The van der Waals surface area contributed by atoms with Gasteiger partial charge in [0.2, 0.25) is 0 Å². The number of carbonyl (C=O) groups excluding carboxylic acids is 1. The molecule has 0 aromatic rings. The van der Waals surface area contributed by atoms with Crippen molar-refractivity contribution in [3.8, 4) is 0 Å². The Hall–Kier alpha value is -0.265. The SMILES string of the molecule is [BH3-]C(C)=O. The number of rotatable bonds is 0. The first-order valence-corrected chi connectivity index (χ1v) is 0.704. The van der Waals surface area contributed by atoms with E-state index in [2.05, 4.69) is 0 Å². The molecule has 0 rings (SSSR count). The van der Waals surface area contributed by atoms with Crippen molar-refractivity contribution in [2.75, 3.05) is 0 Å². The molecule has 4 heavy (non-hydrogen) atoms. The van der Waals surface area contributed by atoms with Crippen molar-refractivity contribution in [3.05, 3.63) is 0 Å². The highest BCUT2D eigenvalue weighted by Crippen LogP contribution is 1.40. The molecule has 0 atom stereocenters. The van der Waals surface area contributed by atoms with Crippen LogP contribution in [0, 0.1) is 0 Å². The quantitative estimate of drug-likeness (QED) is 0.322. The van der Waals surface area contributed by atoms with Gasteiger partial charge in [0.1, 0.15) is 0 Å². The number of carbonyl (C=O) groups is 1. The summed E-state index contributed by atoms with van der Waals surface area (Å²) in [6.45, 7) is 1.64. The molecule has 0 aliphatic heterocycles. The van der Waals surface area contributed by atoms with Gasteiger partial charge >= 0.3 is 0 Å². The third kappa shape index (κ3) is 13.3. The van der Waals surface area contributed by atoms with Gasteiger partial charge in [-0.1, -0.05) is 0 Å². The van der Waals surface area contributed by atoms with Crippen LogP contribution >= 0.6 is 0 Å². The Morgan fingerprint density at radius 3 is 2.00 bits per heavy atom. The fraction of sp³-hybridized carbons (Fsp3) is 0.500. The third-order valence-corrected chi connectivity index (χ3v) is 0. The smallest absolute Gasteiger partial charge is 0.0238 e. The molecular formula is C2H6BO-. The molecule has 0 saturated heterocycles. The molecule has 0 bridgehead atoms. The standard InChI is InChI=1S/C2H6BO/c1-2(3)4/h1,3H3/q-1. The number of hydrogen-bond donors (Lipinski definition) is 0. The maximum atomic E-state index is 9.56. The van der Waals surface area contributed by atoms with Crippen molar-refractivity contribution in [2.45, 2.75) is 6.92 Å². The van der Waals surface area contributed by atoms with Gasteiger partial charge in [-0.25, -0.2) is 0 Å². The van der Waals surface area contributed by atoms with Gasteiger partial charge in [-0.15, -0.1) is 0 Å². The highest BCUT2D eigenvalue weighted by atomic mass is 16.1. The van der Waals surface area contributed by atoms with E-state index in [1.54, 1.807) is 6.92 Å². The Bertz CT molecular complexity index is 29.0. The van der Waals surface area contributed by atoms with Gasteiger partial charge in [-0.3, -0.25) is 0 Å². The lowest BCUT2D eigenvalue weighted by Gasteiger charge is -1.65. The summed E-state index contributed by atoms with van der Waals surface area (Å²) >= 11 is 0. The van der Waals surface area contributed by atoms with E-state index in [4.69, 9.17) is 0 Å². The van der Waals surface area contributed by atoms with E-state index >= 15 is 0 Å². The molecule has 0 aromatic heterocycles. The molecule has 0 unspecified atom stereocenters. The van der Waals surface area contributed by atoms with E-state index in [9.17, 15) is 4.79 Å². The molecule has 0 saturated carbocycles. The Morgan fingerprint density at radius 2 is 2.00 bits per heavy atom. The molecule has 0 aliphatic carbocycles. The fourth-order valence-corrected chi connectivity index (χ4v) is 0. The summed E-state index contributed by atoms with van der Waals surface area (Å²) in [6.07, 6.45) is 0. The first kappa shape index (κ1) is 3.73. The van der Waals surface area contributed by atoms with Gasteiger partial charge in [-0.2, -0.15) is 0 Å². The average molecular weight is 56.9 g/mol. The van der Waals surface area contributed by atoms with Crippen LogP contribution in [-0.2, 0) is 4.79 Å². The largest absolute Gasteiger partial charge is 0.348 e. The summed E-state index contributed by atoms with van der Waals surface area (Å²) in [5.41, 5.74) is 0.417. The van der Waals surface area contributed by atoms with Gasteiger partial charge in [0.05, 0.1) is 0 Å². The highest BCUT2D eigenvalue weighted by molar-refractivity contribution is 6.56. The lowest BCUT2D eigenvalue weighted by molar-refractivity contribution is -0.109. The van der Waals surface area contributed by atoms with Gasteiger partial charge in [0.25, 0.3) is 0 Å². The van der Waals surface area contributed by atoms with Gasteiger partial charge in [0, 0.05) is 7.85 Å². The molecule has 0 aromatic carbocycles. The molecule has 24 valence electrons. The van der Waals surface area contributed by atoms with Crippen LogP contribution in [0.5, 0.6) is 0 Å². The van der Waals surface area contributed by atoms with Gasteiger partial charge in [0.15, 0.2) is 0 Å². The van der Waals surface area contributed by atoms with E-state index in [0.29, 0.717) is 5.68 Å². The molecule has 0 N–H and O–H groups in total. The molecule has 0 heterocycles. The van der Waals surface area contributed by atoms with Crippen molar-refractivity contribution in [1.82, 2.24) is 0 Å². The zero-order valence-electron chi connectivity index (χ0n) is 1.91. The fourth-order valence-electron chi connectivity index (χ4n) is 0. The lowest BCUT2D eigenvalue weighted by atomic mass is 10.1. The monoisotopic (exact) mass is 57.1 g/mol. The van der Waals surface area contributed by atoms with E-state index in [1.165, 1.54) is 0 Å². The van der Waals surface area contributed by atoms with Crippen molar-refractivity contribution < 1.29 is 4.79 Å². The molecule has 1 nitrogen and oxygen atoms in total. The van der Waals surface area contributed by atoms with Crippen LogP contribution in [0.1, 0.15) is 6.92 Å². The van der Waals surface area contributed by atoms with Crippen LogP contribution in [0.15, 0.2) is 0 Å². The molecule has 0 spiro atoms. The van der Waals surface area contributed by atoms with Crippen LogP contribution in [-0.4, -0.2) is 13.5 Å². The zero-order chi connectivity index (χ0) is 3.58. The topological polar surface area (TPSA) is 17.1 Å². The minimum absolute atomic E-state index is 0.0556. The van der Waals surface area contributed by atoms with Crippen molar-refractivity contribution >= 4 is 13.5 Å². The minimum atomic E-state index is 0.0556. The summed E-state index contributed by atoms with van der Waals surface area (Å²) < 4.78 is 0. The van der Waals surface area contributed by atoms with Crippen molar-refractivity contribution in [2.24, 2.45) is 0 Å². The Labute approximate surface area is 26.4 Å². The second kappa shape index (κ2) is 1.10. The summed E-state index contributed by atoms with van der Waals surface area (Å²) in [6, 6.07) is 0. The number of hydrogen-bond acceptors (Lipinski definition) is 1. The van der Waals surface area contributed by atoms with E-state index in [0.717, 1.165) is 0 Å². The minimum Gasteiger partial charge on any atom is -0.348 e. The summed E-state index contributed by atoms with van der Waals surface area (Å²) in [5, 5.41) is 0. The molecule has 0 aliphatic rings. The van der Waals surface area contributed by atoms with Gasteiger partial charge in [-0.05, 0) is 12.6 Å². The molecule has 0 fully saturated rings. The first-order chi connectivity index (χ1) is 1.73. The van der Waals surface area contributed by atoms with Crippen LogP contribution in [0.3, 0.4) is 0 Å². The van der Waals surface area contributed by atoms with Crippen molar-refractivity contribution in [1.29, 1.82) is 0 Å². The molecule has 0 radical (unpaired) electrons. The lowest BCUT2D eigenvalue weighted by Crippen LogP contribution is -1.80. The van der Waals surface area contributed by atoms with E-state index < -0.39 is 0 Å². The predicted molar refractivity (Wildman–Crippen MR) is 20.6 cm³/mol. The van der Waals surface area contributed by atoms with Crippen LogP contribution in [0.25, 0.3) is 0 Å². The Morgan fingerprint density at radius 1 is 2.00 bits per heavy atom. The van der Waals surface area contributed by atoms with Crippen molar-refractivity contribution in [3.63, 3.8) is 0 Å². The maximum Gasteiger partial charge on any atom is 0.0238 e. The van der Waals surface area contributed by atoms with E-state index in [-0.39, 0.29) is 7.85 Å². The second-order valence-electron chi connectivity index (χ2n) is 0.204. The zero-order valence-corrected chi connectivity index (χ0v) is 1.91. The molecule has 0 amide bonds. The normalized spacial score (nSPS) is 6.50. The van der Waals surface area contributed by atoms with Crippen LogP contribution in [0.2, 0.25) is 0 Å². The summed E-state index contributed by atoms with van der Waals surface area (Å²) in [5.74, 6) is 0. The average Bonchev–Trinajstić information content (AvgIpc) is 0.811. The molecular weight excluding hydrogens is 50.8 g/mol. The second-order valence-corrected chi connectivity index (χ2v) is 0.204. The Balaban J connectivity index is 2.80. The Kier molecular flexibility index (Phi) is 1.03. The van der Waals surface area contributed by atoms with E-state index in [1.807, 2.05) is 0 Å². The van der Waals surface area contributed by atoms with Crippen LogP contribution in [0.4, 0.5) is 0 Å². The predicted octanol–water partition coefficient (Wildman–Crippen LogP) is -1.10. The third-order valence-electron chi connectivity index (χ3n) is 0. The summed E-state index contributed by atoms with van der Waals surface area (Å²) in [4.78, 5) is 9.56. The maximum absolute atomic E-state index is 9.56. The van der Waals surface area contributed by atoms with Gasteiger partial charge < -0.3 is 4.79 Å². The first-order valence-electron chi connectivity index (χ1n) is 0.704.